The third kappa shape index (κ3) is 5.07. The molecule has 104 valence electrons. The first-order valence-corrected chi connectivity index (χ1v) is 6.73. The predicted molar refractivity (Wildman–Crippen MR) is 70.2 cm³/mol. The highest BCUT2D eigenvalue weighted by Crippen LogP contribution is 2.29. The van der Waals surface area contributed by atoms with Gasteiger partial charge in [-0.25, -0.2) is 0 Å². The lowest BCUT2D eigenvalue weighted by Crippen LogP contribution is -2.38. The molecular formula is C14H25NO3. The van der Waals surface area contributed by atoms with Gasteiger partial charge in [-0.1, -0.05) is 27.7 Å². The van der Waals surface area contributed by atoms with E-state index in [0.717, 1.165) is 19.3 Å². The molecule has 0 saturated heterocycles. The first-order valence-electron chi connectivity index (χ1n) is 6.73. The van der Waals surface area contributed by atoms with Gasteiger partial charge in [0.05, 0.1) is 5.92 Å². The van der Waals surface area contributed by atoms with Crippen molar-refractivity contribution in [2.24, 2.45) is 11.3 Å². The van der Waals surface area contributed by atoms with Gasteiger partial charge in [-0.3, -0.25) is 9.59 Å². The fraction of sp³-hybridized carbons (Fsp3) is 0.857. The first kappa shape index (κ1) is 15.0. The van der Waals surface area contributed by atoms with Crippen molar-refractivity contribution in [1.29, 1.82) is 0 Å². The molecule has 0 aromatic rings. The third-order valence-corrected chi connectivity index (χ3v) is 3.29. The maximum atomic E-state index is 12.2. The molecule has 1 aliphatic carbocycles. The lowest BCUT2D eigenvalue weighted by Gasteiger charge is -2.26. The number of amides is 1. The van der Waals surface area contributed by atoms with E-state index < -0.39 is 11.9 Å². The van der Waals surface area contributed by atoms with Crippen LogP contribution in [0.2, 0.25) is 0 Å². The number of aliphatic carboxylic acids is 1. The summed E-state index contributed by atoms with van der Waals surface area (Å²) < 4.78 is 0. The summed E-state index contributed by atoms with van der Waals surface area (Å²) >= 11 is 0. The molecule has 1 rings (SSSR count). The quantitative estimate of drug-likeness (QED) is 0.793. The van der Waals surface area contributed by atoms with Crippen LogP contribution in [0.25, 0.3) is 0 Å². The van der Waals surface area contributed by atoms with Gasteiger partial charge in [0, 0.05) is 19.0 Å². The van der Waals surface area contributed by atoms with Crippen molar-refractivity contribution in [2.45, 2.75) is 59.4 Å². The van der Waals surface area contributed by atoms with E-state index in [1.54, 1.807) is 11.8 Å². The van der Waals surface area contributed by atoms with Gasteiger partial charge in [-0.15, -0.1) is 0 Å². The van der Waals surface area contributed by atoms with E-state index in [1.807, 2.05) is 0 Å². The standard InChI is InChI=1S/C14H25NO3/c1-10(13(17)18)9-15(11-5-6-11)12(16)7-8-14(2,3)4/h10-11H,5-9H2,1-4H3,(H,17,18). The van der Waals surface area contributed by atoms with Gasteiger partial charge in [0.1, 0.15) is 0 Å². The van der Waals surface area contributed by atoms with Crippen LogP contribution in [-0.4, -0.2) is 34.5 Å². The van der Waals surface area contributed by atoms with Crippen molar-refractivity contribution >= 4 is 11.9 Å². The Morgan fingerprint density at radius 2 is 1.89 bits per heavy atom. The van der Waals surface area contributed by atoms with E-state index in [4.69, 9.17) is 5.11 Å². The topological polar surface area (TPSA) is 57.6 Å². The summed E-state index contributed by atoms with van der Waals surface area (Å²) in [5, 5.41) is 8.94. The average molecular weight is 255 g/mol. The molecule has 1 aliphatic rings. The number of nitrogens with zero attached hydrogens (tertiary/aromatic N) is 1. The lowest BCUT2D eigenvalue weighted by molar-refractivity contribution is -0.143. The Hall–Kier alpha value is -1.06. The molecule has 18 heavy (non-hydrogen) atoms. The Labute approximate surface area is 109 Å². The zero-order chi connectivity index (χ0) is 13.9. The SMILES string of the molecule is CC(CN(C(=O)CCC(C)(C)C)C1CC1)C(=O)O. The minimum absolute atomic E-state index is 0.112. The van der Waals surface area contributed by atoms with E-state index >= 15 is 0 Å². The Balaban J connectivity index is 2.51. The second-order valence-corrected chi connectivity index (χ2v) is 6.58. The highest BCUT2D eigenvalue weighted by molar-refractivity contribution is 5.78. The van der Waals surface area contributed by atoms with Gasteiger partial charge in [0.15, 0.2) is 0 Å². The minimum Gasteiger partial charge on any atom is -0.481 e. The van der Waals surface area contributed by atoms with Gasteiger partial charge in [-0.2, -0.15) is 0 Å². The molecule has 0 aromatic heterocycles. The molecule has 0 radical (unpaired) electrons. The van der Waals surface area contributed by atoms with Crippen LogP contribution in [0.4, 0.5) is 0 Å². The monoisotopic (exact) mass is 255 g/mol. The maximum Gasteiger partial charge on any atom is 0.308 e. The Morgan fingerprint density at radius 1 is 1.33 bits per heavy atom. The van der Waals surface area contributed by atoms with Crippen LogP contribution in [0.3, 0.4) is 0 Å². The number of carboxylic acid groups (broad SMARTS) is 1. The van der Waals surface area contributed by atoms with Gasteiger partial charge >= 0.3 is 5.97 Å². The molecule has 0 spiro atoms. The van der Waals surface area contributed by atoms with Crippen molar-refractivity contribution in [3.05, 3.63) is 0 Å². The number of carboxylic acids is 1. The molecule has 0 heterocycles. The lowest BCUT2D eigenvalue weighted by atomic mass is 9.90. The molecule has 1 amide bonds. The van der Waals surface area contributed by atoms with E-state index in [9.17, 15) is 9.59 Å². The predicted octanol–water partition coefficient (Wildman–Crippen LogP) is 2.52. The number of rotatable bonds is 6. The summed E-state index contributed by atoms with van der Waals surface area (Å²) in [4.78, 5) is 24.8. The van der Waals surface area contributed by atoms with Gasteiger partial charge in [-0.05, 0) is 24.7 Å². The fourth-order valence-electron chi connectivity index (χ4n) is 1.84. The first-order chi connectivity index (χ1) is 8.20. The van der Waals surface area contributed by atoms with Crippen LogP contribution in [-0.2, 0) is 9.59 Å². The zero-order valence-electron chi connectivity index (χ0n) is 11.9. The maximum absolute atomic E-state index is 12.2. The molecule has 4 heteroatoms. The highest BCUT2D eigenvalue weighted by Gasteiger charge is 2.34. The Morgan fingerprint density at radius 3 is 2.28 bits per heavy atom. The zero-order valence-corrected chi connectivity index (χ0v) is 11.9. The molecule has 1 N–H and O–H groups in total. The van der Waals surface area contributed by atoms with Crippen molar-refractivity contribution < 1.29 is 14.7 Å². The molecule has 1 saturated carbocycles. The third-order valence-electron chi connectivity index (χ3n) is 3.29. The van der Waals surface area contributed by atoms with E-state index in [1.165, 1.54) is 0 Å². The second-order valence-electron chi connectivity index (χ2n) is 6.58. The number of hydrogen-bond acceptors (Lipinski definition) is 2. The van der Waals surface area contributed by atoms with Crippen LogP contribution < -0.4 is 0 Å². The molecule has 1 fully saturated rings. The number of carbonyl (C=O) groups is 2. The van der Waals surface area contributed by atoms with Crippen molar-refractivity contribution in [3.8, 4) is 0 Å². The van der Waals surface area contributed by atoms with Crippen molar-refractivity contribution in [2.75, 3.05) is 6.54 Å². The van der Waals surface area contributed by atoms with E-state index in [0.29, 0.717) is 19.0 Å². The van der Waals surface area contributed by atoms with Crippen molar-refractivity contribution in [1.82, 2.24) is 4.90 Å². The van der Waals surface area contributed by atoms with E-state index in [2.05, 4.69) is 20.8 Å². The molecular weight excluding hydrogens is 230 g/mol. The highest BCUT2D eigenvalue weighted by atomic mass is 16.4. The average Bonchev–Trinajstić information content (AvgIpc) is 3.04. The van der Waals surface area contributed by atoms with Crippen LogP contribution >= 0.6 is 0 Å². The molecule has 4 nitrogen and oxygen atoms in total. The number of hydrogen-bond donors (Lipinski definition) is 1. The normalized spacial score (nSPS) is 17.3. The molecule has 1 atom stereocenters. The van der Waals surface area contributed by atoms with E-state index in [-0.39, 0.29) is 11.3 Å². The summed E-state index contributed by atoms with van der Waals surface area (Å²) in [7, 11) is 0. The fourth-order valence-corrected chi connectivity index (χ4v) is 1.84. The van der Waals surface area contributed by atoms with Crippen LogP contribution in [0, 0.1) is 11.3 Å². The van der Waals surface area contributed by atoms with Crippen LogP contribution in [0.1, 0.15) is 53.4 Å². The van der Waals surface area contributed by atoms with Crippen molar-refractivity contribution in [3.63, 3.8) is 0 Å². The smallest absolute Gasteiger partial charge is 0.308 e. The van der Waals surface area contributed by atoms with Crippen LogP contribution in [0.15, 0.2) is 0 Å². The van der Waals surface area contributed by atoms with Crippen LogP contribution in [0.5, 0.6) is 0 Å². The Bertz CT molecular complexity index is 315. The van der Waals surface area contributed by atoms with Gasteiger partial charge in [0.2, 0.25) is 5.91 Å². The summed E-state index contributed by atoms with van der Waals surface area (Å²) in [5.74, 6) is -1.20. The Kier molecular flexibility index (Phi) is 4.77. The summed E-state index contributed by atoms with van der Waals surface area (Å²) in [6.45, 7) is 8.35. The largest absolute Gasteiger partial charge is 0.481 e. The molecule has 0 bridgehead atoms. The molecule has 0 aromatic carbocycles. The van der Waals surface area contributed by atoms with Gasteiger partial charge < -0.3 is 10.0 Å². The second kappa shape index (κ2) is 5.72. The molecule has 0 aliphatic heterocycles. The summed E-state index contributed by atoms with van der Waals surface area (Å²) in [6, 6.07) is 0.291. The number of carbonyl (C=O) groups excluding carboxylic acids is 1. The minimum atomic E-state index is -0.829. The summed E-state index contributed by atoms with van der Waals surface area (Å²) in [5.41, 5.74) is 0.142. The molecule has 1 unspecified atom stereocenters. The summed E-state index contributed by atoms with van der Waals surface area (Å²) in [6.07, 6.45) is 3.41. The van der Waals surface area contributed by atoms with Gasteiger partial charge in [0.25, 0.3) is 0 Å².